The van der Waals surface area contributed by atoms with E-state index in [1.165, 1.54) is 6.92 Å². The Morgan fingerprint density at radius 1 is 1.31 bits per heavy atom. The molecule has 3 N–H and O–H groups in total. The number of nitriles is 1. The number of aliphatic carboxylic acids is 1. The summed E-state index contributed by atoms with van der Waals surface area (Å²) in [5.41, 5.74) is -0.321. The molecular weight excluding hydrogens is 212 g/mol. The Bertz CT molecular complexity index is 337. The van der Waals surface area contributed by atoms with Gasteiger partial charge in [-0.05, 0) is 19.8 Å². The third kappa shape index (κ3) is 5.65. The number of aliphatic hydroxyl groups is 1. The molecule has 6 nitrogen and oxygen atoms in total. The Morgan fingerprint density at radius 3 is 2.38 bits per heavy atom. The maximum atomic E-state index is 11.2. The second-order valence-electron chi connectivity index (χ2n) is 3.18. The van der Waals surface area contributed by atoms with Crippen LogP contribution in [0, 0.1) is 11.3 Å². The molecule has 0 saturated carbocycles. The van der Waals surface area contributed by atoms with E-state index in [4.69, 9.17) is 15.5 Å². The molecule has 16 heavy (non-hydrogen) atoms. The topological polar surface area (TPSA) is 110 Å². The van der Waals surface area contributed by atoms with E-state index in [2.05, 4.69) is 5.32 Å². The van der Waals surface area contributed by atoms with Crippen molar-refractivity contribution < 1.29 is 19.8 Å². The van der Waals surface area contributed by atoms with E-state index in [1.807, 2.05) is 0 Å². The van der Waals surface area contributed by atoms with Crippen molar-refractivity contribution in [3.8, 4) is 6.07 Å². The zero-order valence-corrected chi connectivity index (χ0v) is 8.99. The molecule has 0 fully saturated rings. The molecule has 0 spiro atoms. The summed E-state index contributed by atoms with van der Waals surface area (Å²) in [4.78, 5) is 21.4. The number of nitrogens with zero attached hydrogens (tertiary/aromatic N) is 1. The number of hydrogen-bond donors (Lipinski definition) is 3. The van der Waals surface area contributed by atoms with Gasteiger partial charge in [0.1, 0.15) is 11.8 Å². The lowest BCUT2D eigenvalue weighted by Gasteiger charge is -2.03. The number of carboxylic acids is 1. The maximum absolute atomic E-state index is 11.2. The summed E-state index contributed by atoms with van der Waals surface area (Å²) in [7, 11) is 0. The van der Waals surface area contributed by atoms with Gasteiger partial charge in [-0.3, -0.25) is 9.59 Å². The van der Waals surface area contributed by atoms with E-state index in [0.717, 1.165) is 0 Å². The third-order valence-electron chi connectivity index (χ3n) is 1.80. The molecular formula is C10H14N2O4. The van der Waals surface area contributed by atoms with Gasteiger partial charge in [0, 0.05) is 13.0 Å². The Hall–Kier alpha value is -2.03. The number of rotatable bonds is 6. The minimum Gasteiger partial charge on any atom is -0.511 e. The predicted octanol–water partition coefficient (Wildman–Crippen LogP) is 0.713. The van der Waals surface area contributed by atoms with E-state index in [1.54, 1.807) is 6.07 Å². The molecule has 0 rings (SSSR count). The highest BCUT2D eigenvalue weighted by Crippen LogP contribution is 1.99. The monoisotopic (exact) mass is 226 g/mol. The normalized spacial score (nSPS) is 11.2. The summed E-state index contributed by atoms with van der Waals surface area (Å²) < 4.78 is 0. The average Bonchev–Trinajstić information content (AvgIpc) is 2.17. The lowest BCUT2D eigenvalue weighted by molar-refractivity contribution is -0.137. The Labute approximate surface area is 93.2 Å². The molecule has 0 aromatic carbocycles. The summed E-state index contributed by atoms with van der Waals surface area (Å²) in [5.74, 6) is -1.85. The Kier molecular flexibility index (Phi) is 6.36. The smallest absolute Gasteiger partial charge is 0.303 e. The van der Waals surface area contributed by atoms with Crippen molar-refractivity contribution in [2.24, 2.45) is 0 Å². The Morgan fingerprint density at radius 2 is 1.94 bits per heavy atom. The number of carboxylic acid groups (broad SMARTS) is 1. The molecule has 6 heteroatoms. The van der Waals surface area contributed by atoms with Crippen LogP contribution in [0.25, 0.3) is 0 Å². The highest BCUT2D eigenvalue weighted by Gasteiger charge is 2.11. The van der Waals surface area contributed by atoms with Crippen molar-refractivity contribution >= 4 is 11.9 Å². The quantitative estimate of drug-likeness (QED) is 0.267. The lowest BCUT2D eigenvalue weighted by atomic mass is 10.2. The van der Waals surface area contributed by atoms with E-state index in [9.17, 15) is 9.59 Å². The predicted molar refractivity (Wildman–Crippen MR) is 55.4 cm³/mol. The number of nitrogens with one attached hydrogen (secondary N) is 1. The fourth-order valence-electron chi connectivity index (χ4n) is 0.988. The van der Waals surface area contributed by atoms with Gasteiger partial charge in [-0.15, -0.1) is 0 Å². The second kappa shape index (κ2) is 7.29. The van der Waals surface area contributed by atoms with Crippen LogP contribution < -0.4 is 5.32 Å². The van der Waals surface area contributed by atoms with Crippen molar-refractivity contribution in [1.82, 2.24) is 5.32 Å². The summed E-state index contributed by atoms with van der Waals surface area (Å²) >= 11 is 0. The van der Waals surface area contributed by atoms with Gasteiger partial charge in [-0.25, -0.2) is 0 Å². The highest BCUT2D eigenvalue weighted by atomic mass is 16.4. The number of aliphatic hydroxyl groups excluding tert-OH is 1. The van der Waals surface area contributed by atoms with Gasteiger partial charge in [0.2, 0.25) is 0 Å². The number of carbonyl (C=O) groups excluding carboxylic acids is 1. The van der Waals surface area contributed by atoms with Gasteiger partial charge in [0.25, 0.3) is 5.91 Å². The van der Waals surface area contributed by atoms with Crippen LogP contribution in [-0.2, 0) is 9.59 Å². The summed E-state index contributed by atoms with van der Waals surface area (Å²) in [6.45, 7) is 1.53. The van der Waals surface area contributed by atoms with E-state index in [-0.39, 0.29) is 24.3 Å². The van der Waals surface area contributed by atoms with E-state index < -0.39 is 11.9 Å². The van der Waals surface area contributed by atoms with Crippen LogP contribution in [0.5, 0.6) is 0 Å². The number of amides is 1. The standard InChI is InChI=1S/C10H14N2O4/c1-7(13)8(6-11)10(16)12-5-3-2-4-9(14)15/h13H,2-5H2,1H3,(H,12,16)(H,14,15)/b8-7-. The first-order valence-corrected chi connectivity index (χ1v) is 4.79. The van der Waals surface area contributed by atoms with E-state index in [0.29, 0.717) is 12.8 Å². The Balaban J connectivity index is 3.88. The maximum Gasteiger partial charge on any atom is 0.303 e. The van der Waals surface area contributed by atoms with Crippen molar-refractivity contribution in [3.05, 3.63) is 11.3 Å². The first-order valence-electron chi connectivity index (χ1n) is 4.79. The molecule has 0 aliphatic carbocycles. The van der Waals surface area contributed by atoms with Crippen LogP contribution in [-0.4, -0.2) is 28.6 Å². The van der Waals surface area contributed by atoms with Crippen LogP contribution in [0.15, 0.2) is 11.3 Å². The highest BCUT2D eigenvalue weighted by molar-refractivity contribution is 5.97. The average molecular weight is 226 g/mol. The van der Waals surface area contributed by atoms with Crippen LogP contribution in [0.4, 0.5) is 0 Å². The molecule has 0 heterocycles. The molecule has 0 saturated heterocycles. The van der Waals surface area contributed by atoms with Crippen LogP contribution in [0.1, 0.15) is 26.2 Å². The second-order valence-corrected chi connectivity index (χ2v) is 3.18. The zero-order valence-electron chi connectivity index (χ0n) is 8.99. The molecule has 0 unspecified atom stereocenters. The van der Waals surface area contributed by atoms with Crippen LogP contribution in [0.2, 0.25) is 0 Å². The van der Waals surface area contributed by atoms with Gasteiger partial charge in [-0.1, -0.05) is 0 Å². The van der Waals surface area contributed by atoms with Crippen molar-refractivity contribution in [2.75, 3.05) is 6.54 Å². The summed E-state index contributed by atoms with van der Waals surface area (Å²) in [6, 6.07) is 1.58. The molecule has 0 aliphatic rings. The molecule has 0 aromatic rings. The van der Waals surface area contributed by atoms with Gasteiger partial charge >= 0.3 is 5.97 Å². The van der Waals surface area contributed by atoms with E-state index >= 15 is 0 Å². The minimum atomic E-state index is -0.880. The molecule has 1 amide bonds. The molecule has 0 aliphatic heterocycles. The number of hydrogen-bond acceptors (Lipinski definition) is 4. The van der Waals surface area contributed by atoms with Gasteiger partial charge in [-0.2, -0.15) is 5.26 Å². The first kappa shape index (κ1) is 14.0. The lowest BCUT2D eigenvalue weighted by Crippen LogP contribution is -2.26. The molecule has 0 aromatic heterocycles. The largest absolute Gasteiger partial charge is 0.511 e. The fourth-order valence-corrected chi connectivity index (χ4v) is 0.988. The van der Waals surface area contributed by atoms with Gasteiger partial charge in [0.05, 0.1) is 0 Å². The number of unbranched alkanes of at least 4 members (excludes halogenated alkanes) is 1. The summed E-state index contributed by atoms with van der Waals surface area (Å²) in [5, 5.41) is 28.3. The third-order valence-corrected chi connectivity index (χ3v) is 1.80. The van der Waals surface area contributed by atoms with Gasteiger partial charge in [0.15, 0.2) is 5.57 Å². The SMILES string of the molecule is C/C(O)=C(\C#N)C(=O)NCCCCC(=O)O. The molecule has 0 radical (unpaired) electrons. The molecule has 0 atom stereocenters. The number of carbonyl (C=O) groups is 2. The first-order chi connectivity index (χ1) is 7.49. The molecule has 0 bridgehead atoms. The van der Waals surface area contributed by atoms with Crippen LogP contribution in [0.3, 0.4) is 0 Å². The number of allylic oxidation sites excluding steroid dienone is 1. The van der Waals surface area contributed by atoms with Gasteiger partial charge < -0.3 is 15.5 Å². The van der Waals surface area contributed by atoms with Crippen LogP contribution >= 0.6 is 0 Å². The fraction of sp³-hybridized carbons (Fsp3) is 0.500. The van der Waals surface area contributed by atoms with Crippen molar-refractivity contribution in [2.45, 2.75) is 26.2 Å². The van der Waals surface area contributed by atoms with Crippen molar-refractivity contribution in [1.29, 1.82) is 5.26 Å². The molecule has 88 valence electrons. The van der Waals surface area contributed by atoms with Crippen molar-refractivity contribution in [3.63, 3.8) is 0 Å². The zero-order chi connectivity index (χ0) is 12.6. The summed E-state index contributed by atoms with van der Waals surface area (Å²) in [6.07, 6.45) is 1.02. The minimum absolute atomic E-state index is 0.0514.